The highest BCUT2D eigenvalue weighted by molar-refractivity contribution is 5.80. The van der Waals surface area contributed by atoms with Gasteiger partial charge in [-0.3, -0.25) is 9.89 Å². The maximum absolute atomic E-state index is 11.9. The fraction of sp³-hybridized carbons (Fsp3) is 0.667. The fourth-order valence-electron chi connectivity index (χ4n) is 4.48. The van der Waals surface area contributed by atoms with Crippen molar-refractivity contribution in [2.45, 2.75) is 51.6 Å². The first-order chi connectivity index (χ1) is 15.1. The van der Waals surface area contributed by atoms with Crippen LogP contribution in [-0.2, 0) is 4.74 Å². The van der Waals surface area contributed by atoms with Crippen molar-refractivity contribution < 1.29 is 9.53 Å². The van der Waals surface area contributed by atoms with E-state index in [1.165, 1.54) is 18.4 Å². The number of hydrogen-bond acceptors (Lipinski definition) is 4. The molecule has 2 N–H and O–H groups in total. The van der Waals surface area contributed by atoms with Crippen LogP contribution in [0.3, 0.4) is 0 Å². The molecule has 2 fully saturated rings. The van der Waals surface area contributed by atoms with Crippen molar-refractivity contribution in [3.63, 3.8) is 0 Å². The van der Waals surface area contributed by atoms with Gasteiger partial charge in [-0.2, -0.15) is 0 Å². The maximum atomic E-state index is 11.9. The Labute approximate surface area is 187 Å². The minimum Gasteiger partial charge on any atom is -0.450 e. The van der Waals surface area contributed by atoms with Gasteiger partial charge in [0.2, 0.25) is 0 Å². The predicted molar refractivity (Wildman–Crippen MR) is 125 cm³/mol. The third kappa shape index (κ3) is 6.86. The maximum Gasteiger partial charge on any atom is 0.409 e. The Morgan fingerprint density at radius 2 is 1.81 bits per heavy atom. The highest BCUT2D eigenvalue weighted by Gasteiger charge is 2.26. The molecule has 2 saturated heterocycles. The van der Waals surface area contributed by atoms with Gasteiger partial charge in [0.15, 0.2) is 5.96 Å². The average Bonchev–Trinajstić information content (AvgIpc) is 2.81. The van der Waals surface area contributed by atoms with E-state index in [1.807, 2.05) is 14.0 Å². The van der Waals surface area contributed by atoms with Gasteiger partial charge in [-0.05, 0) is 57.2 Å². The molecule has 7 heteroatoms. The Morgan fingerprint density at radius 3 is 2.42 bits per heavy atom. The number of nitrogens with one attached hydrogen (secondary N) is 2. The highest BCUT2D eigenvalue weighted by Crippen LogP contribution is 2.26. The van der Waals surface area contributed by atoms with Gasteiger partial charge < -0.3 is 20.3 Å². The molecular weight excluding hydrogens is 390 g/mol. The summed E-state index contributed by atoms with van der Waals surface area (Å²) < 4.78 is 5.12. The van der Waals surface area contributed by atoms with Crippen LogP contribution in [-0.4, -0.2) is 74.3 Å². The molecular formula is C24H39N5O2. The Morgan fingerprint density at radius 1 is 1.13 bits per heavy atom. The van der Waals surface area contributed by atoms with Crippen molar-refractivity contribution >= 4 is 12.1 Å². The van der Waals surface area contributed by atoms with Crippen LogP contribution >= 0.6 is 0 Å². The number of amides is 1. The van der Waals surface area contributed by atoms with E-state index in [0.29, 0.717) is 31.8 Å². The van der Waals surface area contributed by atoms with Crippen LogP contribution in [0.5, 0.6) is 0 Å². The Bertz CT molecular complexity index is 695. The van der Waals surface area contributed by atoms with Gasteiger partial charge in [0.05, 0.1) is 12.6 Å². The van der Waals surface area contributed by atoms with Crippen molar-refractivity contribution in [3.05, 3.63) is 35.9 Å². The minimum atomic E-state index is -0.204. The van der Waals surface area contributed by atoms with E-state index < -0.39 is 0 Å². The molecule has 0 spiro atoms. The minimum absolute atomic E-state index is 0.204. The molecule has 0 aliphatic carbocycles. The van der Waals surface area contributed by atoms with Crippen molar-refractivity contribution in [2.75, 3.05) is 46.4 Å². The van der Waals surface area contributed by atoms with Crippen molar-refractivity contribution in [3.8, 4) is 0 Å². The normalized spacial score (nSPS) is 20.4. The molecule has 1 aromatic rings. The molecule has 0 aromatic heterocycles. The lowest BCUT2D eigenvalue weighted by molar-refractivity contribution is 0.0962. The molecule has 1 amide bonds. The first-order valence-corrected chi connectivity index (χ1v) is 11.8. The summed E-state index contributed by atoms with van der Waals surface area (Å²) in [6, 6.07) is 11.4. The lowest BCUT2D eigenvalue weighted by atomic mass is 9.95. The Kier molecular flexibility index (Phi) is 9.00. The third-order valence-corrected chi connectivity index (χ3v) is 6.49. The van der Waals surface area contributed by atoms with Gasteiger partial charge in [0, 0.05) is 32.7 Å². The first-order valence-electron chi connectivity index (χ1n) is 11.8. The topological polar surface area (TPSA) is 69.2 Å². The molecule has 0 radical (unpaired) electrons. The summed E-state index contributed by atoms with van der Waals surface area (Å²) in [5.41, 5.74) is 1.35. The van der Waals surface area contributed by atoms with Crippen LogP contribution in [0.1, 0.15) is 51.1 Å². The predicted octanol–water partition coefficient (Wildman–Crippen LogP) is 3.25. The number of benzene rings is 1. The van der Waals surface area contributed by atoms with Gasteiger partial charge in [-0.15, -0.1) is 0 Å². The number of carbonyl (C=O) groups is 1. The summed E-state index contributed by atoms with van der Waals surface area (Å²) in [5.74, 6) is 1.65. The largest absolute Gasteiger partial charge is 0.450 e. The van der Waals surface area contributed by atoms with Crippen LogP contribution in [0, 0.1) is 5.92 Å². The van der Waals surface area contributed by atoms with E-state index in [-0.39, 0.29) is 6.09 Å². The van der Waals surface area contributed by atoms with Crippen LogP contribution < -0.4 is 10.6 Å². The average molecular weight is 430 g/mol. The monoisotopic (exact) mass is 429 g/mol. The van der Waals surface area contributed by atoms with Crippen LogP contribution in [0.2, 0.25) is 0 Å². The second-order valence-corrected chi connectivity index (χ2v) is 8.70. The van der Waals surface area contributed by atoms with E-state index >= 15 is 0 Å². The smallest absolute Gasteiger partial charge is 0.409 e. The summed E-state index contributed by atoms with van der Waals surface area (Å²) >= 11 is 0. The zero-order chi connectivity index (χ0) is 22.1. The lowest BCUT2D eigenvalue weighted by Gasteiger charge is -2.37. The van der Waals surface area contributed by atoms with Crippen LogP contribution in [0.25, 0.3) is 0 Å². The zero-order valence-electron chi connectivity index (χ0n) is 19.3. The second kappa shape index (κ2) is 11.9. The molecule has 31 heavy (non-hydrogen) atoms. The van der Waals surface area contributed by atoms with Crippen molar-refractivity contribution in [1.29, 1.82) is 0 Å². The molecule has 1 unspecified atom stereocenters. The zero-order valence-corrected chi connectivity index (χ0v) is 19.3. The number of carbonyl (C=O) groups excluding carboxylic acids is 1. The molecule has 2 aliphatic rings. The van der Waals surface area contributed by atoms with Crippen molar-refractivity contribution in [2.24, 2.45) is 10.9 Å². The van der Waals surface area contributed by atoms with E-state index in [0.717, 1.165) is 44.4 Å². The highest BCUT2D eigenvalue weighted by atomic mass is 16.6. The van der Waals surface area contributed by atoms with E-state index in [2.05, 4.69) is 57.8 Å². The second-order valence-electron chi connectivity index (χ2n) is 8.70. The summed E-state index contributed by atoms with van der Waals surface area (Å²) in [6.45, 7) is 9.15. The summed E-state index contributed by atoms with van der Waals surface area (Å²) in [7, 11) is 1.82. The molecule has 1 atom stereocenters. The Hall–Kier alpha value is -2.28. The number of hydrogen-bond donors (Lipinski definition) is 2. The van der Waals surface area contributed by atoms with Crippen molar-refractivity contribution in [1.82, 2.24) is 20.4 Å². The number of piperidine rings is 2. The van der Waals surface area contributed by atoms with E-state index in [9.17, 15) is 4.79 Å². The molecule has 7 nitrogen and oxygen atoms in total. The van der Waals surface area contributed by atoms with Gasteiger partial charge in [-0.25, -0.2) is 4.79 Å². The first kappa shape index (κ1) is 23.4. The Balaban J connectivity index is 1.53. The fourth-order valence-corrected chi connectivity index (χ4v) is 4.48. The molecule has 0 bridgehead atoms. The van der Waals surface area contributed by atoms with Crippen LogP contribution in [0.15, 0.2) is 35.3 Å². The number of aliphatic imine (C=N–C) groups is 1. The third-order valence-electron chi connectivity index (χ3n) is 6.49. The summed E-state index contributed by atoms with van der Waals surface area (Å²) in [4.78, 5) is 20.8. The molecule has 2 heterocycles. The number of likely N-dealkylation sites (tertiary alicyclic amines) is 2. The molecule has 0 saturated carbocycles. The molecule has 3 rings (SSSR count). The quantitative estimate of drug-likeness (QED) is 0.537. The van der Waals surface area contributed by atoms with E-state index in [4.69, 9.17) is 4.74 Å². The van der Waals surface area contributed by atoms with Gasteiger partial charge in [0.25, 0.3) is 0 Å². The summed E-state index contributed by atoms with van der Waals surface area (Å²) in [6.07, 6.45) is 4.10. The molecule has 2 aliphatic heterocycles. The number of guanidine groups is 1. The standard InChI is InChI=1S/C24H39N5O2/c1-4-31-24(30)29-16-12-21(13-17-29)27-23(25-3)26-18-22(20-8-6-5-7-9-20)28-14-10-19(2)11-15-28/h5-9,19,21-22H,4,10-18H2,1-3H3,(H2,25,26,27). The van der Waals surface area contributed by atoms with Gasteiger partial charge in [0.1, 0.15) is 0 Å². The number of nitrogens with zero attached hydrogens (tertiary/aromatic N) is 3. The van der Waals surface area contributed by atoms with Gasteiger partial charge in [-0.1, -0.05) is 37.3 Å². The SMILES string of the molecule is CCOC(=O)N1CCC(NC(=NC)NCC(c2ccccc2)N2CCC(C)CC2)CC1. The number of ether oxygens (including phenoxy) is 1. The molecule has 172 valence electrons. The van der Waals surface area contributed by atoms with Crippen LogP contribution in [0.4, 0.5) is 4.79 Å². The lowest BCUT2D eigenvalue weighted by Crippen LogP contribution is -2.51. The van der Waals surface area contributed by atoms with Gasteiger partial charge >= 0.3 is 6.09 Å². The molecule has 1 aromatic carbocycles. The van der Waals surface area contributed by atoms with E-state index in [1.54, 1.807) is 4.90 Å². The number of rotatable bonds is 6. The summed E-state index contributed by atoms with van der Waals surface area (Å²) in [5, 5.41) is 7.13.